The highest BCUT2D eigenvalue weighted by atomic mass is 32.2. The lowest BCUT2D eigenvalue weighted by Crippen LogP contribution is -2.00. The fourth-order valence-electron chi connectivity index (χ4n) is 1.41. The first kappa shape index (κ1) is 16.2. The van der Waals surface area contributed by atoms with Crippen molar-refractivity contribution >= 4 is 28.4 Å². The quantitative estimate of drug-likeness (QED) is 0.396. The summed E-state index contributed by atoms with van der Waals surface area (Å²) in [6.45, 7) is 5.26. The fraction of sp³-hybridized carbons (Fsp3) is 0.923. The molecule has 0 amide bonds. The number of rotatable bonds is 10. The molecule has 0 N–H and O–H groups in total. The van der Waals surface area contributed by atoms with Crippen LogP contribution in [-0.2, 0) is 4.74 Å². The predicted octanol–water partition coefficient (Wildman–Crippen LogP) is 5.18. The van der Waals surface area contributed by atoms with Gasteiger partial charge in [-0.25, -0.2) is 0 Å². The van der Waals surface area contributed by atoms with Gasteiger partial charge in [0, 0.05) is 5.75 Å². The lowest BCUT2D eigenvalue weighted by Gasteiger charge is -2.06. The minimum absolute atomic E-state index is 0.744. The van der Waals surface area contributed by atoms with E-state index in [0.717, 1.165) is 23.2 Å². The predicted molar refractivity (Wildman–Crippen MR) is 79.3 cm³/mol. The zero-order valence-corrected chi connectivity index (χ0v) is 12.4. The summed E-state index contributed by atoms with van der Waals surface area (Å²) in [5.74, 6) is 1.12. The summed E-state index contributed by atoms with van der Waals surface area (Å²) in [6.07, 6.45) is 10.2. The van der Waals surface area contributed by atoms with E-state index in [2.05, 4.69) is 13.8 Å². The zero-order chi connectivity index (χ0) is 12.1. The van der Waals surface area contributed by atoms with E-state index < -0.39 is 0 Å². The molecule has 0 radical (unpaired) electrons. The summed E-state index contributed by atoms with van der Waals surface area (Å²) < 4.78 is 6.23. The molecule has 0 fully saturated rings. The summed E-state index contributed by atoms with van der Waals surface area (Å²) in [7, 11) is 0. The molecule has 0 heterocycles. The highest BCUT2D eigenvalue weighted by Gasteiger charge is 1.98. The van der Waals surface area contributed by atoms with Gasteiger partial charge in [-0.1, -0.05) is 64.1 Å². The van der Waals surface area contributed by atoms with E-state index in [1.165, 1.54) is 44.9 Å². The number of thioether (sulfide) groups is 1. The van der Waals surface area contributed by atoms with Crippen molar-refractivity contribution in [2.75, 3.05) is 12.4 Å². The molecule has 0 aromatic carbocycles. The second kappa shape index (κ2) is 13.3. The van der Waals surface area contributed by atoms with Gasteiger partial charge >= 0.3 is 0 Å². The Morgan fingerprint density at radius 1 is 0.938 bits per heavy atom. The van der Waals surface area contributed by atoms with Crippen LogP contribution >= 0.6 is 24.0 Å². The SMILES string of the molecule is CCCCCCOC(=S)SCCCCCC. The summed E-state index contributed by atoms with van der Waals surface area (Å²) >= 11 is 6.85. The molecule has 0 spiro atoms. The summed E-state index contributed by atoms with van der Waals surface area (Å²) in [5.41, 5.74) is 0. The topological polar surface area (TPSA) is 9.23 Å². The molecule has 3 heteroatoms. The second-order valence-corrected chi connectivity index (χ2v) is 5.77. The van der Waals surface area contributed by atoms with E-state index in [4.69, 9.17) is 17.0 Å². The molecular formula is C13H26OS2. The van der Waals surface area contributed by atoms with Crippen molar-refractivity contribution in [3.8, 4) is 0 Å². The highest BCUT2D eigenvalue weighted by Crippen LogP contribution is 2.11. The van der Waals surface area contributed by atoms with E-state index in [9.17, 15) is 0 Å². The molecule has 0 bridgehead atoms. The lowest BCUT2D eigenvalue weighted by atomic mass is 10.2. The van der Waals surface area contributed by atoms with Gasteiger partial charge in [0.2, 0.25) is 4.38 Å². The molecule has 0 saturated carbocycles. The van der Waals surface area contributed by atoms with Crippen LogP contribution in [0.4, 0.5) is 0 Å². The van der Waals surface area contributed by atoms with E-state index in [1.54, 1.807) is 11.8 Å². The molecular weight excluding hydrogens is 236 g/mol. The Labute approximate surface area is 111 Å². The maximum absolute atomic E-state index is 5.49. The Balaban J connectivity index is 3.12. The Hall–Kier alpha value is 0.240. The molecule has 0 saturated heterocycles. The Bertz CT molecular complexity index is 144. The minimum Gasteiger partial charge on any atom is -0.479 e. The largest absolute Gasteiger partial charge is 0.479 e. The van der Waals surface area contributed by atoms with Gasteiger partial charge in [-0.05, 0) is 25.1 Å². The average Bonchev–Trinajstić information content (AvgIpc) is 2.28. The van der Waals surface area contributed by atoms with Crippen molar-refractivity contribution < 1.29 is 4.74 Å². The van der Waals surface area contributed by atoms with Crippen LogP contribution in [0.3, 0.4) is 0 Å². The summed E-state index contributed by atoms with van der Waals surface area (Å²) in [6, 6.07) is 0. The molecule has 0 aromatic heterocycles. The van der Waals surface area contributed by atoms with Gasteiger partial charge in [0.25, 0.3) is 0 Å². The maximum atomic E-state index is 5.49. The Kier molecular flexibility index (Phi) is 13.5. The van der Waals surface area contributed by atoms with Crippen LogP contribution < -0.4 is 0 Å². The third-order valence-corrected chi connectivity index (χ3v) is 3.75. The molecule has 0 aromatic rings. The number of ether oxygens (including phenoxy) is 1. The first-order chi connectivity index (χ1) is 7.81. The summed E-state index contributed by atoms with van der Waals surface area (Å²) in [5, 5.41) is 0. The standard InChI is InChI=1S/C13H26OS2/c1-3-5-7-9-11-14-13(15)16-12-10-8-6-4-2/h3-12H2,1-2H3. The van der Waals surface area contributed by atoms with Crippen LogP contribution in [0, 0.1) is 0 Å². The number of unbranched alkanes of at least 4 members (excludes halogenated alkanes) is 6. The van der Waals surface area contributed by atoms with Crippen LogP contribution in [0.15, 0.2) is 0 Å². The molecule has 0 aliphatic rings. The van der Waals surface area contributed by atoms with Crippen LogP contribution in [0.1, 0.15) is 65.2 Å². The maximum Gasteiger partial charge on any atom is 0.219 e. The van der Waals surface area contributed by atoms with Gasteiger partial charge < -0.3 is 4.74 Å². The van der Waals surface area contributed by atoms with Crippen molar-refractivity contribution in [3.63, 3.8) is 0 Å². The van der Waals surface area contributed by atoms with Gasteiger partial charge in [0.1, 0.15) is 0 Å². The Morgan fingerprint density at radius 3 is 2.19 bits per heavy atom. The fourth-order valence-corrected chi connectivity index (χ4v) is 2.43. The average molecular weight is 262 g/mol. The molecule has 0 rings (SSSR count). The van der Waals surface area contributed by atoms with Crippen LogP contribution in [0.2, 0.25) is 0 Å². The van der Waals surface area contributed by atoms with Gasteiger partial charge in [-0.3, -0.25) is 0 Å². The van der Waals surface area contributed by atoms with E-state index >= 15 is 0 Å². The van der Waals surface area contributed by atoms with Crippen molar-refractivity contribution in [2.45, 2.75) is 65.2 Å². The van der Waals surface area contributed by atoms with Crippen LogP contribution in [-0.4, -0.2) is 16.7 Å². The highest BCUT2D eigenvalue weighted by molar-refractivity contribution is 8.22. The Morgan fingerprint density at radius 2 is 1.56 bits per heavy atom. The number of hydrogen-bond acceptors (Lipinski definition) is 3. The second-order valence-electron chi connectivity index (χ2n) is 4.07. The minimum atomic E-state index is 0.744. The number of hydrogen-bond donors (Lipinski definition) is 0. The number of thiocarbonyl (C=S) groups is 1. The van der Waals surface area contributed by atoms with E-state index in [-0.39, 0.29) is 0 Å². The van der Waals surface area contributed by atoms with Crippen molar-refractivity contribution in [2.24, 2.45) is 0 Å². The van der Waals surface area contributed by atoms with Gasteiger partial charge in [-0.15, -0.1) is 0 Å². The third kappa shape index (κ3) is 12.3. The van der Waals surface area contributed by atoms with Crippen LogP contribution in [0.25, 0.3) is 0 Å². The molecule has 0 atom stereocenters. The first-order valence-electron chi connectivity index (χ1n) is 6.60. The summed E-state index contributed by atoms with van der Waals surface area (Å²) in [4.78, 5) is 0. The molecule has 0 aliphatic heterocycles. The van der Waals surface area contributed by atoms with E-state index in [0.29, 0.717) is 0 Å². The van der Waals surface area contributed by atoms with Gasteiger partial charge in [-0.2, -0.15) is 0 Å². The smallest absolute Gasteiger partial charge is 0.219 e. The first-order valence-corrected chi connectivity index (χ1v) is 8.00. The van der Waals surface area contributed by atoms with Crippen molar-refractivity contribution in [1.29, 1.82) is 0 Å². The third-order valence-electron chi connectivity index (χ3n) is 2.44. The van der Waals surface area contributed by atoms with E-state index in [1.807, 2.05) is 0 Å². The van der Waals surface area contributed by atoms with Gasteiger partial charge in [0.05, 0.1) is 6.61 Å². The van der Waals surface area contributed by atoms with Crippen molar-refractivity contribution in [1.82, 2.24) is 0 Å². The van der Waals surface area contributed by atoms with Crippen LogP contribution in [0.5, 0.6) is 0 Å². The molecule has 16 heavy (non-hydrogen) atoms. The molecule has 0 aliphatic carbocycles. The molecule has 1 nitrogen and oxygen atoms in total. The van der Waals surface area contributed by atoms with Gasteiger partial charge in [0.15, 0.2) is 0 Å². The normalized spacial score (nSPS) is 10.4. The molecule has 0 unspecified atom stereocenters. The van der Waals surface area contributed by atoms with Crippen molar-refractivity contribution in [3.05, 3.63) is 0 Å². The monoisotopic (exact) mass is 262 g/mol. The lowest BCUT2D eigenvalue weighted by molar-refractivity contribution is 0.308. The zero-order valence-electron chi connectivity index (χ0n) is 10.8. The molecule has 96 valence electrons.